The summed E-state index contributed by atoms with van der Waals surface area (Å²) in [5, 5.41) is 9.59. The minimum Gasteiger partial charge on any atom is -0.381 e. The van der Waals surface area contributed by atoms with E-state index >= 15 is 0 Å². The highest BCUT2D eigenvalue weighted by atomic mass is 32.1. The molecule has 2 heteroatoms. The lowest BCUT2D eigenvalue weighted by Crippen LogP contribution is -2.24. The Labute approximate surface area is 175 Å². The molecule has 2 unspecified atom stereocenters. The summed E-state index contributed by atoms with van der Waals surface area (Å²) in [6.07, 6.45) is 2.31. The fraction of sp³-hybridized carbons (Fsp3) is 0.259. The Morgan fingerprint density at radius 2 is 1.86 bits per heavy atom. The van der Waals surface area contributed by atoms with Crippen LogP contribution in [0.1, 0.15) is 38.3 Å². The molecule has 2 heterocycles. The zero-order chi connectivity index (χ0) is 19.7. The molecule has 3 aromatic carbocycles. The molecule has 0 bridgehead atoms. The number of benzene rings is 3. The van der Waals surface area contributed by atoms with Gasteiger partial charge >= 0.3 is 0 Å². The van der Waals surface area contributed by atoms with Crippen LogP contribution in [0.2, 0.25) is 0 Å². The van der Waals surface area contributed by atoms with Crippen LogP contribution < -0.4 is 15.8 Å². The van der Waals surface area contributed by atoms with Crippen LogP contribution >= 0.6 is 11.3 Å². The lowest BCUT2D eigenvalue weighted by molar-refractivity contribution is 0.723. The number of rotatable bonds is 2. The van der Waals surface area contributed by atoms with Crippen LogP contribution in [0.5, 0.6) is 0 Å². The van der Waals surface area contributed by atoms with E-state index in [4.69, 9.17) is 0 Å². The van der Waals surface area contributed by atoms with Crippen molar-refractivity contribution in [2.75, 3.05) is 5.32 Å². The first-order valence-corrected chi connectivity index (χ1v) is 11.5. The Bertz CT molecular complexity index is 1420. The van der Waals surface area contributed by atoms with Crippen molar-refractivity contribution in [3.05, 3.63) is 76.2 Å². The topological polar surface area (TPSA) is 12.0 Å². The van der Waals surface area contributed by atoms with Gasteiger partial charge in [0.15, 0.2) is 0 Å². The Hall–Kier alpha value is -2.58. The summed E-state index contributed by atoms with van der Waals surface area (Å²) in [6.45, 7) is 7.00. The fourth-order valence-corrected chi connectivity index (χ4v) is 6.54. The Morgan fingerprint density at radius 3 is 2.72 bits per heavy atom. The Balaban J connectivity index is 1.73. The predicted octanol–water partition coefficient (Wildman–Crippen LogP) is 5.82. The van der Waals surface area contributed by atoms with Gasteiger partial charge in [0.2, 0.25) is 0 Å². The van der Waals surface area contributed by atoms with Gasteiger partial charge in [0.1, 0.15) is 0 Å². The summed E-state index contributed by atoms with van der Waals surface area (Å²) in [5.41, 5.74) is 7.25. The number of fused-ring (bicyclic) bond motifs is 6. The van der Waals surface area contributed by atoms with E-state index in [2.05, 4.69) is 80.7 Å². The van der Waals surface area contributed by atoms with Crippen LogP contribution in [0, 0.1) is 5.92 Å². The van der Waals surface area contributed by atoms with Crippen molar-refractivity contribution in [2.45, 2.75) is 39.7 Å². The standard InChI is InChI=1S/C27H25NS/c1-4-18-14-17-8-7-10-21(27(17)28-18)24-15(2)16(3)25-20(24)12-13-23-26(25)19-9-5-6-11-22(19)29-23/h5-13,15,18,28H,4,14H2,1-3H3. The van der Waals surface area contributed by atoms with E-state index in [9.17, 15) is 0 Å². The zero-order valence-corrected chi connectivity index (χ0v) is 18.0. The second-order valence-electron chi connectivity index (χ2n) is 8.57. The van der Waals surface area contributed by atoms with E-state index < -0.39 is 0 Å². The molecular weight excluding hydrogens is 370 g/mol. The van der Waals surface area contributed by atoms with Crippen molar-refractivity contribution in [3.8, 4) is 0 Å². The van der Waals surface area contributed by atoms with Gasteiger partial charge < -0.3 is 5.32 Å². The number of nitrogens with one attached hydrogen (secondary N) is 1. The molecule has 1 aliphatic carbocycles. The summed E-state index contributed by atoms with van der Waals surface area (Å²) in [6, 6.07) is 21.0. The van der Waals surface area contributed by atoms with Crippen molar-refractivity contribution in [3.63, 3.8) is 0 Å². The van der Waals surface area contributed by atoms with E-state index in [-0.39, 0.29) is 0 Å². The first kappa shape index (κ1) is 17.3. The zero-order valence-electron chi connectivity index (χ0n) is 17.2. The molecule has 0 spiro atoms. The second kappa shape index (κ2) is 6.21. The van der Waals surface area contributed by atoms with Crippen molar-refractivity contribution < 1.29 is 0 Å². The summed E-state index contributed by atoms with van der Waals surface area (Å²) in [5.74, 6) is 0.434. The van der Waals surface area contributed by atoms with Gasteiger partial charge in [-0.2, -0.15) is 0 Å². The van der Waals surface area contributed by atoms with Gasteiger partial charge in [-0.1, -0.05) is 61.9 Å². The highest BCUT2D eigenvalue weighted by Crippen LogP contribution is 2.40. The molecular formula is C27H25NS. The molecule has 1 aromatic heterocycles. The quantitative estimate of drug-likeness (QED) is 0.451. The summed E-state index contributed by atoms with van der Waals surface area (Å²) >= 11 is 1.92. The smallest absolute Gasteiger partial charge is 0.0452 e. The molecule has 1 nitrogen and oxygen atoms in total. The van der Waals surface area contributed by atoms with E-state index in [0.29, 0.717) is 12.0 Å². The summed E-state index contributed by atoms with van der Waals surface area (Å²) in [4.78, 5) is 0. The Morgan fingerprint density at radius 1 is 1.00 bits per heavy atom. The third kappa shape index (κ3) is 2.33. The van der Waals surface area contributed by atoms with Crippen LogP contribution in [0.4, 0.5) is 5.69 Å². The van der Waals surface area contributed by atoms with E-state index in [1.165, 1.54) is 65.0 Å². The molecule has 0 saturated heterocycles. The van der Waals surface area contributed by atoms with Crippen molar-refractivity contribution in [1.29, 1.82) is 0 Å². The lowest BCUT2D eigenvalue weighted by atomic mass is 9.90. The first-order chi connectivity index (χ1) is 14.2. The molecule has 1 N–H and O–H groups in total. The van der Waals surface area contributed by atoms with Crippen molar-refractivity contribution in [2.24, 2.45) is 5.92 Å². The molecule has 0 radical (unpaired) electrons. The second-order valence-corrected chi connectivity index (χ2v) is 9.65. The highest BCUT2D eigenvalue weighted by molar-refractivity contribution is 7.25. The normalized spacial score (nSPS) is 20.4. The van der Waals surface area contributed by atoms with Crippen LogP contribution in [0.25, 0.3) is 31.3 Å². The van der Waals surface area contributed by atoms with Gasteiger partial charge in [-0.15, -0.1) is 11.3 Å². The largest absolute Gasteiger partial charge is 0.381 e. The van der Waals surface area contributed by atoms with Crippen molar-refractivity contribution in [1.82, 2.24) is 0 Å². The number of hydrogen-bond donors (Lipinski definition) is 1. The van der Waals surface area contributed by atoms with Gasteiger partial charge in [-0.25, -0.2) is 0 Å². The molecule has 2 atom stereocenters. The molecule has 0 fully saturated rings. The summed E-state index contributed by atoms with van der Waals surface area (Å²) in [7, 11) is 0. The third-order valence-electron chi connectivity index (χ3n) is 7.06. The van der Waals surface area contributed by atoms with Crippen LogP contribution in [-0.4, -0.2) is 6.04 Å². The van der Waals surface area contributed by atoms with E-state index in [1.54, 1.807) is 0 Å². The number of para-hydroxylation sites is 1. The van der Waals surface area contributed by atoms with Gasteiger partial charge in [-0.3, -0.25) is 0 Å². The predicted molar refractivity (Wildman–Crippen MR) is 127 cm³/mol. The van der Waals surface area contributed by atoms with Gasteiger partial charge in [0.05, 0.1) is 0 Å². The SMILES string of the molecule is CCC1Cc2cccc(C3=c4ccc5sc6ccccc6c5c4=C(C)C3C)c2N1. The molecule has 29 heavy (non-hydrogen) atoms. The molecule has 2 aliphatic rings. The number of anilines is 1. The minimum atomic E-state index is 0.434. The molecule has 6 rings (SSSR count). The molecule has 0 saturated carbocycles. The minimum absolute atomic E-state index is 0.434. The van der Waals surface area contributed by atoms with Crippen LogP contribution in [0.15, 0.2) is 54.6 Å². The summed E-state index contributed by atoms with van der Waals surface area (Å²) < 4.78 is 2.79. The average molecular weight is 396 g/mol. The van der Waals surface area contributed by atoms with Crippen molar-refractivity contribution >= 4 is 48.3 Å². The van der Waals surface area contributed by atoms with Gasteiger partial charge in [-0.05, 0) is 53.5 Å². The molecule has 0 amide bonds. The first-order valence-electron chi connectivity index (χ1n) is 10.7. The maximum Gasteiger partial charge on any atom is 0.0452 e. The van der Waals surface area contributed by atoms with Crippen LogP contribution in [-0.2, 0) is 6.42 Å². The molecule has 1 aliphatic heterocycles. The number of thiophene rings is 1. The Kier molecular flexibility index (Phi) is 3.70. The maximum atomic E-state index is 3.83. The number of hydrogen-bond acceptors (Lipinski definition) is 2. The van der Waals surface area contributed by atoms with Gasteiger partial charge in [0.25, 0.3) is 0 Å². The molecule has 144 valence electrons. The average Bonchev–Trinajstić information content (AvgIpc) is 3.40. The van der Waals surface area contributed by atoms with Gasteiger partial charge in [0, 0.05) is 43.4 Å². The van der Waals surface area contributed by atoms with Crippen LogP contribution in [0.3, 0.4) is 0 Å². The molecule has 4 aromatic rings. The lowest BCUT2D eigenvalue weighted by Gasteiger charge is -2.17. The highest BCUT2D eigenvalue weighted by Gasteiger charge is 2.28. The maximum absolute atomic E-state index is 3.83. The third-order valence-corrected chi connectivity index (χ3v) is 8.19. The fourth-order valence-electron chi connectivity index (χ4n) is 5.43. The van der Waals surface area contributed by atoms with E-state index in [1.807, 2.05) is 11.3 Å². The monoisotopic (exact) mass is 395 g/mol. The van der Waals surface area contributed by atoms with E-state index in [0.717, 1.165) is 6.42 Å².